The average Bonchev–Trinajstić information content (AvgIpc) is 2.27. The molecule has 0 unspecified atom stereocenters. The van der Waals surface area contributed by atoms with Crippen molar-refractivity contribution in [1.29, 1.82) is 0 Å². The van der Waals surface area contributed by atoms with Crippen molar-refractivity contribution in [2.75, 3.05) is 11.9 Å². The highest BCUT2D eigenvalue weighted by Gasteiger charge is 2.02. The largest absolute Gasteiger partial charge is 0.494 e. The van der Waals surface area contributed by atoms with Crippen LogP contribution < -0.4 is 15.4 Å². The maximum absolute atomic E-state index is 10.9. The second-order valence-electron chi connectivity index (χ2n) is 4.69. The molecule has 0 spiro atoms. The number of anilines is 1. The predicted molar refractivity (Wildman–Crippen MR) is 81.4 cm³/mol. The maximum atomic E-state index is 10.9. The van der Waals surface area contributed by atoms with E-state index < -0.39 is 0 Å². The van der Waals surface area contributed by atoms with E-state index in [0.717, 1.165) is 17.9 Å². The number of hydrogen-bond donors (Lipinski definition) is 2. The third-order valence-electron chi connectivity index (χ3n) is 2.35. The highest BCUT2D eigenvalue weighted by molar-refractivity contribution is 7.80. The molecule has 0 aromatic heterocycles. The zero-order valence-corrected chi connectivity index (χ0v) is 12.3. The number of rotatable bonds is 5. The van der Waals surface area contributed by atoms with Crippen molar-refractivity contribution in [2.45, 2.75) is 27.2 Å². The zero-order valence-electron chi connectivity index (χ0n) is 11.5. The summed E-state index contributed by atoms with van der Waals surface area (Å²) in [6, 6.07) is 7.49. The molecule has 4 nitrogen and oxygen atoms in total. The van der Waals surface area contributed by atoms with Crippen LogP contribution in [0.25, 0.3) is 0 Å². The lowest BCUT2D eigenvalue weighted by molar-refractivity contribution is -0.117. The Morgan fingerprint density at radius 2 is 2.16 bits per heavy atom. The molecule has 0 saturated carbocycles. The molecule has 0 fully saturated rings. The quantitative estimate of drug-likeness (QED) is 0.814. The van der Waals surface area contributed by atoms with Crippen LogP contribution in [0.5, 0.6) is 5.75 Å². The molecule has 0 aliphatic rings. The third kappa shape index (κ3) is 6.76. The molecule has 2 N–H and O–H groups in total. The fourth-order valence-electron chi connectivity index (χ4n) is 1.40. The lowest BCUT2D eigenvalue weighted by atomic mass is 10.1. The van der Waals surface area contributed by atoms with Crippen LogP contribution in [0.3, 0.4) is 0 Å². The number of carbonyl (C=O) groups is 1. The summed E-state index contributed by atoms with van der Waals surface area (Å²) in [5.41, 5.74) is 0.792. The number of carbonyl (C=O) groups excluding carboxylic acids is 1. The normalized spacial score (nSPS) is 10.1. The van der Waals surface area contributed by atoms with Gasteiger partial charge in [0.1, 0.15) is 5.75 Å². The van der Waals surface area contributed by atoms with Gasteiger partial charge in [0.25, 0.3) is 0 Å². The van der Waals surface area contributed by atoms with Crippen molar-refractivity contribution in [3.8, 4) is 5.75 Å². The molecule has 0 aliphatic heterocycles. The number of thiocarbonyl (C=S) groups is 1. The van der Waals surface area contributed by atoms with Gasteiger partial charge in [-0.15, -0.1) is 0 Å². The summed E-state index contributed by atoms with van der Waals surface area (Å²) in [4.78, 5) is 10.9. The van der Waals surface area contributed by atoms with E-state index in [9.17, 15) is 4.79 Å². The van der Waals surface area contributed by atoms with Gasteiger partial charge >= 0.3 is 0 Å². The van der Waals surface area contributed by atoms with E-state index in [1.165, 1.54) is 6.92 Å². The topological polar surface area (TPSA) is 50.4 Å². The van der Waals surface area contributed by atoms with Gasteiger partial charge in [-0.1, -0.05) is 19.9 Å². The number of hydrogen-bond acceptors (Lipinski definition) is 3. The van der Waals surface area contributed by atoms with Gasteiger partial charge in [0.2, 0.25) is 5.91 Å². The van der Waals surface area contributed by atoms with Gasteiger partial charge in [-0.05, 0) is 36.7 Å². The maximum Gasteiger partial charge on any atom is 0.222 e. The van der Waals surface area contributed by atoms with E-state index in [0.29, 0.717) is 12.5 Å². The highest BCUT2D eigenvalue weighted by atomic mass is 32.1. The summed E-state index contributed by atoms with van der Waals surface area (Å²) < 4.78 is 5.65. The summed E-state index contributed by atoms with van der Waals surface area (Å²) in [5.74, 6) is 1.21. The standard InChI is InChI=1S/C14H20N2O2S/c1-10(2)7-8-18-13-6-4-5-12(9-13)16-14(19)15-11(3)17/h4-6,9-10H,7-8H2,1-3H3,(H2,15,16,17,19). The van der Waals surface area contributed by atoms with Crippen LogP contribution in [0.2, 0.25) is 0 Å². The smallest absolute Gasteiger partial charge is 0.222 e. The fourth-order valence-corrected chi connectivity index (χ4v) is 1.66. The molecule has 1 rings (SSSR count). The van der Waals surface area contributed by atoms with Crippen LogP contribution >= 0.6 is 12.2 Å². The summed E-state index contributed by atoms with van der Waals surface area (Å²) in [5, 5.41) is 5.73. The van der Waals surface area contributed by atoms with Crippen molar-refractivity contribution >= 4 is 28.9 Å². The van der Waals surface area contributed by atoms with Gasteiger partial charge in [0, 0.05) is 18.7 Å². The zero-order chi connectivity index (χ0) is 14.3. The van der Waals surface area contributed by atoms with Crippen molar-refractivity contribution < 1.29 is 9.53 Å². The van der Waals surface area contributed by atoms with Gasteiger partial charge in [-0.3, -0.25) is 4.79 Å². The SMILES string of the molecule is CC(=O)NC(=S)Nc1cccc(OCCC(C)C)c1. The molecule has 104 valence electrons. The molecule has 5 heteroatoms. The lowest BCUT2D eigenvalue weighted by Crippen LogP contribution is -2.32. The summed E-state index contributed by atoms with van der Waals surface area (Å²) in [6.07, 6.45) is 1.02. The Hall–Kier alpha value is -1.62. The summed E-state index contributed by atoms with van der Waals surface area (Å²) >= 11 is 4.99. The Kier molecular flexibility index (Phi) is 6.29. The van der Waals surface area contributed by atoms with Crippen molar-refractivity contribution in [3.63, 3.8) is 0 Å². The van der Waals surface area contributed by atoms with Crippen molar-refractivity contribution in [3.05, 3.63) is 24.3 Å². The van der Waals surface area contributed by atoms with Crippen LogP contribution in [0, 0.1) is 5.92 Å². The molecular formula is C14H20N2O2S. The fraction of sp³-hybridized carbons (Fsp3) is 0.429. The van der Waals surface area contributed by atoms with Crippen LogP contribution in [-0.2, 0) is 4.79 Å². The van der Waals surface area contributed by atoms with Crippen molar-refractivity contribution in [2.24, 2.45) is 5.92 Å². The molecule has 0 saturated heterocycles. The number of nitrogens with one attached hydrogen (secondary N) is 2. The molecule has 1 aromatic rings. The minimum atomic E-state index is -0.193. The minimum absolute atomic E-state index is 0.193. The van der Waals surface area contributed by atoms with Crippen LogP contribution in [0.1, 0.15) is 27.2 Å². The van der Waals surface area contributed by atoms with E-state index in [-0.39, 0.29) is 11.0 Å². The molecule has 19 heavy (non-hydrogen) atoms. The Balaban J connectivity index is 2.52. The van der Waals surface area contributed by atoms with E-state index in [2.05, 4.69) is 24.5 Å². The Morgan fingerprint density at radius 3 is 2.79 bits per heavy atom. The monoisotopic (exact) mass is 280 g/mol. The van der Waals surface area contributed by atoms with Crippen molar-refractivity contribution in [1.82, 2.24) is 5.32 Å². The molecule has 0 bridgehead atoms. The number of ether oxygens (including phenoxy) is 1. The van der Waals surface area contributed by atoms with Gasteiger partial charge in [-0.25, -0.2) is 0 Å². The predicted octanol–water partition coefficient (Wildman–Crippen LogP) is 2.94. The summed E-state index contributed by atoms with van der Waals surface area (Å²) in [6.45, 7) is 6.43. The van der Waals surface area contributed by atoms with E-state index in [1.54, 1.807) is 0 Å². The third-order valence-corrected chi connectivity index (χ3v) is 2.55. The van der Waals surface area contributed by atoms with Crippen LogP contribution in [0.4, 0.5) is 5.69 Å². The Labute approximate surface area is 119 Å². The van der Waals surface area contributed by atoms with E-state index in [4.69, 9.17) is 17.0 Å². The van der Waals surface area contributed by atoms with Gasteiger partial charge < -0.3 is 15.4 Å². The van der Waals surface area contributed by atoms with Crippen LogP contribution in [-0.4, -0.2) is 17.6 Å². The molecule has 0 heterocycles. The average molecular weight is 280 g/mol. The lowest BCUT2D eigenvalue weighted by Gasteiger charge is -2.11. The van der Waals surface area contributed by atoms with Gasteiger partial charge in [0.15, 0.2) is 5.11 Å². The Bertz CT molecular complexity index is 447. The number of amides is 1. The minimum Gasteiger partial charge on any atom is -0.494 e. The molecule has 0 atom stereocenters. The first kappa shape index (κ1) is 15.4. The first-order chi connectivity index (χ1) is 8.97. The Morgan fingerprint density at radius 1 is 1.42 bits per heavy atom. The molecule has 1 amide bonds. The van der Waals surface area contributed by atoms with E-state index in [1.807, 2.05) is 24.3 Å². The highest BCUT2D eigenvalue weighted by Crippen LogP contribution is 2.17. The van der Waals surface area contributed by atoms with Gasteiger partial charge in [-0.2, -0.15) is 0 Å². The number of benzene rings is 1. The molecular weight excluding hydrogens is 260 g/mol. The van der Waals surface area contributed by atoms with Crippen LogP contribution in [0.15, 0.2) is 24.3 Å². The molecule has 0 aliphatic carbocycles. The molecule has 1 aromatic carbocycles. The van der Waals surface area contributed by atoms with Gasteiger partial charge in [0.05, 0.1) is 6.61 Å². The molecule has 0 radical (unpaired) electrons. The first-order valence-electron chi connectivity index (χ1n) is 6.29. The second-order valence-corrected chi connectivity index (χ2v) is 5.10. The first-order valence-corrected chi connectivity index (χ1v) is 6.69. The summed E-state index contributed by atoms with van der Waals surface area (Å²) in [7, 11) is 0. The second kappa shape index (κ2) is 7.74. The van der Waals surface area contributed by atoms with E-state index >= 15 is 0 Å².